The van der Waals surface area contributed by atoms with Crippen LogP contribution >= 0.6 is 0 Å². The molecule has 1 aromatic rings. The van der Waals surface area contributed by atoms with Gasteiger partial charge in [-0.05, 0) is 37.5 Å². The van der Waals surface area contributed by atoms with Crippen molar-refractivity contribution in [1.82, 2.24) is 0 Å². The Kier molecular flexibility index (Phi) is 3.89. The average Bonchev–Trinajstić information content (AvgIpc) is 2.20. The van der Waals surface area contributed by atoms with Crippen LogP contribution in [0.3, 0.4) is 0 Å². The number of ether oxygens (including phenoxy) is 1. The van der Waals surface area contributed by atoms with Crippen LogP contribution in [0.15, 0.2) is 18.2 Å². The lowest BCUT2D eigenvalue weighted by Gasteiger charge is -2.12. The number of hydrogen-bond donors (Lipinski definition) is 0. The molecular formula is C13H18O2. The molecule has 1 aromatic carbocycles. The number of ketones is 1. The summed E-state index contributed by atoms with van der Waals surface area (Å²) in [5, 5.41) is 0. The summed E-state index contributed by atoms with van der Waals surface area (Å²) in [5.74, 6) is 1.15. The first-order chi connectivity index (χ1) is 7.04. The number of hydrogen-bond acceptors (Lipinski definition) is 2. The van der Waals surface area contributed by atoms with Gasteiger partial charge < -0.3 is 4.74 Å². The van der Waals surface area contributed by atoms with E-state index in [9.17, 15) is 4.79 Å². The van der Waals surface area contributed by atoms with E-state index in [1.54, 1.807) is 14.0 Å². The summed E-state index contributed by atoms with van der Waals surface area (Å²) in [7, 11) is 1.66. The lowest BCUT2D eigenvalue weighted by atomic mass is 9.96. The van der Waals surface area contributed by atoms with E-state index in [0.717, 1.165) is 17.7 Å². The Morgan fingerprint density at radius 2 is 2.13 bits per heavy atom. The van der Waals surface area contributed by atoms with E-state index in [1.807, 2.05) is 32.0 Å². The van der Waals surface area contributed by atoms with Crippen molar-refractivity contribution in [2.45, 2.75) is 27.2 Å². The van der Waals surface area contributed by atoms with Gasteiger partial charge in [-0.1, -0.05) is 19.1 Å². The summed E-state index contributed by atoms with van der Waals surface area (Å²) in [6.07, 6.45) is 0.749. The third-order valence-corrected chi connectivity index (χ3v) is 2.66. The monoisotopic (exact) mass is 206 g/mol. The largest absolute Gasteiger partial charge is 0.496 e. The summed E-state index contributed by atoms with van der Waals surface area (Å²) in [6.45, 7) is 5.60. The van der Waals surface area contributed by atoms with Gasteiger partial charge in [0.05, 0.1) is 7.11 Å². The zero-order valence-electron chi connectivity index (χ0n) is 9.83. The first-order valence-corrected chi connectivity index (χ1v) is 5.18. The molecule has 1 rings (SSSR count). The Labute approximate surface area is 91.3 Å². The zero-order valence-corrected chi connectivity index (χ0v) is 9.83. The van der Waals surface area contributed by atoms with Crippen LogP contribution in [-0.4, -0.2) is 12.9 Å². The van der Waals surface area contributed by atoms with Gasteiger partial charge in [0.25, 0.3) is 0 Å². The van der Waals surface area contributed by atoms with E-state index in [0.29, 0.717) is 0 Å². The summed E-state index contributed by atoms with van der Waals surface area (Å²) in [5.41, 5.74) is 2.27. The number of Topliss-reactive ketones (excluding diaryl/α,β-unsaturated/α-hetero) is 1. The summed E-state index contributed by atoms with van der Waals surface area (Å²) in [4.78, 5) is 11.2. The molecule has 0 aliphatic rings. The molecule has 2 heteroatoms. The van der Waals surface area contributed by atoms with E-state index >= 15 is 0 Å². The van der Waals surface area contributed by atoms with E-state index < -0.39 is 0 Å². The standard InChI is InChI=1S/C13H18O2/c1-9-5-6-12(13(7-9)15-4)8-10(2)11(3)14/h5-7,10H,8H2,1-4H3. The molecule has 0 N–H and O–H groups in total. The average molecular weight is 206 g/mol. The van der Waals surface area contributed by atoms with Gasteiger partial charge in [0.2, 0.25) is 0 Å². The van der Waals surface area contributed by atoms with Gasteiger partial charge in [-0.15, -0.1) is 0 Å². The highest BCUT2D eigenvalue weighted by Gasteiger charge is 2.11. The second kappa shape index (κ2) is 4.96. The third-order valence-electron chi connectivity index (χ3n) is 2.66. The van der Waals surface area contributed by atoms with Crippen LogP contribution in [0.5, 0.6) is 5.75 Å². The highest BCUT2D eigenvalue weighted by Crippen LogP contribution is 2.23. The van der Waals surface area contributed by atoms with Gasteiger partial charge in [-0.25, -0.2) is 0 Å². The minimum absolute atomic E-state index is 0.0570. The second-order valence-electron chi connectivity index (χ2n) is 4.03. The predicted molar refractivity (Wildman–Crippen MR) is 61.3 cm³/mol. The van der Waals surface area contributed by atoms with Gasteiger partial charge in [-0.3, -0.25) is 4.79 Å². The maximum absolute atomic E-state index is 11.2. The highest BCUT2D eigenvalue weighted by molar-refractivity contribution is 5.78. The van der Waals surface area contributed by atoms with Crippen molar-refractivity contribution < 1.29 is 9.53 Å². The molecule has 0 amide bonds. The summed E-state index contributed by atoms with van der Waals surface area (Å²) < 4.78 is 5.30. The Hall–Kier alpha value is -1.31. The maximum atomic E-state index is 11.2. The number of methoxy groups -OCH3 is 1. The Morgan fingerprint density at radius 3 is 2.67 bits per heavy atom. The van der Waals surface area contributed by atoms with Crippen LogP contribution in [0.1, 0.15) is 25.0 Å². The zero-order chi connectivity index (χ0) is 11.4. The molecule has 0 aliphatic heterocycles. The van der Waals surface area contributed by atoms with Gasteiger partial charge in [0.15, 0.2) is 0 Å². The van der Waals surface area contributed by atoms with Crippen LogP contribution in [-0.2, 0) is 11.2 Å². The van der Waals surface area contributed by atoms with Crippen molar-refractivity contribution in [2.75, 3.05) is 7.11 Å². The Balaban J connectivity index is 2.89. The number of aryl methyl sites for hydroxylation is 1. The smallest absolute Gasteiger partial charge is 0.132 e. The molecule has 0 heterocycles. The second-order valence-corrected chi connectivity index (χ2v) is 4.03. The molecule has 2 nitrogen and oxygen atoms in total. The third kappa shape index (κ3) is 3.08. The SMILES string of the molecule is COc1cc(C)ccc1CC(C)C(C)=O. The quantitative estimate of drug-likeness (QED) is 0.757. The fraction of sp³-hybridized carbons (Fsp3) is 0.462. The minimum Gasteiger partial charge on any atom is -0.496 e. The Morgan fingerprint density at radius 1 is 1.47 bits per heavy atom. The molecule has 0 aromatic heterocycles. The highest BCUT2D eigenvalue weighted by atomic mass is 16.5. The van der Waals surface area contributed by atoms with Gasteiger partial charge >= 0.3 is 0 Å². The van der Waals surface area contributed by atoms with E-state index in [4.69, 9.17) is 4.74 Å². The van der Waals surface area contributed by atoms with Gasteiger partial charge in [-0.2, -0.15) is 0 Å². The number of rotatable bonds is 4. The molecule has 0 aliphatic carbocycles. The van der Waals surface area contributed by atoms with Crippen molar-refractivity contribution in [3.63, 3.8) is 0 Å². The number of carbonyl (C=O) groups is 1. The number of benzene rings is 1. The fourth-order valence-corrected chi connectivity index (χ4v) is 1.49. The normalized spacial score (nSPS) is 12.3. The van der Waals surface area contributed by atoms with Crippen LogP contribution in [0.2, 0.25) is 0 Å². The first-order valence-electron chi connectivity index (χ1n) is 5.18. The summed E-state index contributed by atoms with van der Waals surface area (Å²) >= 11 is 0. The Bertz CT molecular complexity index is 356. The molecule has 0 saturated heterocycles. The van der Waals surface area contributed by atoms with Crippen molar-refractivity contribution >= 4 is 5.78 Å². The number of carbonyl (C=O) groups excluding carboxylic acids is 1. The van der Waals surface area contributed by atoms with E-state index in [2.05, 4.69) is 0 Å². The van der Waals surface area contributed by atoms with E-state index in [1.165, 1.54) is 5.56 Å². The van der Waals surface area contributed by atoms with Gasteiger partial charge in [0, 0.05) is 5.92 Å². The molecule has 82 valence electrons. The fourth-order valence-electron chi connectivity index (χ4n) is 1.49. The molecular weight excluding hydrogens is 188 g/mol. The molecule has 15 heavy (non-hydrogen) atoms. The molecule has 0 radical (unpaired) electrons. The molecule has 0 saturated carbocycles. The van der Waals surface area contributed by atoms with Crippen molar-refractivity contribution in [1.29, 1.82) is 0 Å². The lowest BCUT2D eigenvalue weighted by molar-refractivity contribution is -0.120. The van der Waals surface area contributed by atoms with Crippen LogP contribution in [0, 0.1) is 12.8 Å². The van der Waals surface area contributed by atoms with Crippen LogP contribution in [0.25, 0.3) is 0 Å². The van der Waals surface area contributed by atoms with Crippen LogP contribution in [0.4, 0.5) is 0 Å². The topological polar surface area (TPSA) is 26.3 Å². The minimum atomic E-state index is 0.0570. The maximum Gasteiger partial charge on any atom is 0.132 e. The molecule has 0 fully saturated rings. The molecule has 0 bridgehead atoms. The van der Waals surface area contributed by atoms with Crippen LogP contribution < -0.4 is 4.74 Å². The summed E-state index contributed by atoms with van der Waals surface area (Å²) in [6, 6.07) is 6.08. The predicted octanol–water partition coefficient (Wildman–Crippen LogP) is 2.77. The molecule has 1 unspecified atom stereocenters. The molecule has 1 atom stereocenters. The van der Waals surface area contributed by atoms with Gasteiger partial charge in [0.1, 0.15) is 11.5 Å². The van der Waals surface area contributed by atoms with Crippen molar-refractivity contribution in [2.24, 2.45) is 5.92 Å². The van der Waals surface area contributed by atoms with Crippen molar-refractivity contribution in [3.8, 4) is 5.75 Å². The first kappa shape index (κ1) is 11.8. The lowest BCUT2D eigenvalue weighted by Crippen LogP contribution is -2.10. The van der Waals surface area contributed by atoms with E-state index in [-0.39, 0.29) is 11.7 Å². The molecule has 0 spiro atoms. The van der Waals surface area contributed by atoms with Crippen molar-refractivity contribution in [3.05, 3.63) is 29.3 Å².